The largest absolute Gasteiger partial charge is 0.497 e. The fourth-order valence-corrected chi connectivity index (χ4v) is 5.71. The Bertz CT molecular complexity index is 1410. The van der Waals surface area contributed by atoms with Crippen LogP contribution in [0.25, 0.3) is 0 Å². The Morgan fingerprint density at radius 1 is 0.951 bits per heavy atom. The van der Waals surface area contributed by atoms with Crippen LogP contribution < -0.4 is 19.1 Å². The summed E-state index contributed by atoms with van der Waals surface area (Å²) in [6, 6.07) is 19.4. The summed E-state index contributed by atoms with van der Waals surface area (Å²) in [6.45, 7) is 5.54. The first-order chi connectivity index (χ1) is 19.6. The number of sulfonamides is 1. The minimum Gasteiger partial charge on any atom is -0.497 e. The number of unbranched alkanes of at least 4 members (excludes halogenated alkanes) is 1. The maximum Gasteiger partial charge on any atom is 0.264 e. The number of ether oxygens (including phenoxy) is 2. The third-order valence-electron chi connectivity index (χ3n) is 6.72. The lowest BCUT2D eigenvalue weighted by atomic mass is 10.1. The molecule has 0 saturated heterocycles. The molecule has 3 aromatic rings. The number of carbonyl (C=O) groups is 2. The molecular weight excluding hydrogens is 542 g/mol. The van der Waals surface area contributed by atoms with E-state index < -0.39 is 28.5 Å². The second-order valence-electron chi connectivity index (χ2n) is 9.69. The molecule has 0 spiro atoms. The molecule has 0 bridgehead atoms. The predicted octanol–water partition coefficient (Wildman–Crippen LogP) is 4.54. The number of aryl methyl sites for hydroxylation is 1. The number of benzene rings is 3. The van der Waals surface area contributed by atoms with E-state index in [1.807, 2.05) is 26.0 Å². The van der Waals surface area contributed by atoms with Crippen molar-refractivity contribution in [3.63, 3.8) is 0 Å². The molecule has 0 saturated carbocycles. The maximum atomic E-state index is 14.1. The number of methoxy groups -OCH3 is 2. The summed E-state index contributed by atoms with van der Waals surface area (Å²) in [6.07, 6.45) is 1.72. The fourth-order valence-electron chi connectivity index (χ4n) is 4.27. The Hall–Kier alpha value is -4.05. The number of nitrogens with zero attached hydrogens (tertiary/aromatic N) is 2. The van der Waals surface area contributed by atoms with Gasteiger partial charge in [0.25, 0.3) is 10.0 Å². The van der Waals surface area contributed by atoms with Crippen LogP contribution in [0.2, 0.25) is 0 Å². The van der Waals surface area contributed by atoms with Crippen LogP contribution in [0.4, 0.5) is 5.69 Å². The van der Waals surface area contributed by atoms with Gasteiger partial charge in [-0.15, -0.1) is 0 Å². The van der Waals surface area contributed by atoms with Crippen LogP contribution in [0.15, 0.2) is 77.7 Å². The molecule has 10 heteroatoms. The molecular formula is C31H39N3O6S. The van der Waals surface area contributed by atoms with Gasteiger partial charge in [0.2, 0.25) is 11.8 Å². The summed E-state index contributed by atoms with van der Waals surface area (Å²) in [7, 11) is -1.18. The number of hydrogen-bond donors (Lipinski definition) is 1. The van der Waals surface area contributed by atoms with E-state index in [2.05, 4.69) is 5.32 Å². The van der Waals surface area contributed by atoms with Gasteiger partial charge in [0, 0.05) is 13.1 Å². The third kappa shape index (κ3) is 8.00. The van der Waals surface area contributed by atoms with Gasteiger partial charge in [-0.25, -0.2) is 8.42 Å². The number of carbonyl (C=O) groups excluding carboxylic acids is 2. The topological polar surface area (TPSA) is 105 Å². The Balaban J connectivity index is 2.05. The van der Waals surface area contributed by atoms with E-state index in [0.29, 0.717) is 18.0 Å². The molecule has 41 heavy (non-hydrogen) atoms. The molecule has 1 N–H and O–H groups in total. The van der Waals surface area contributed by atoms with E-state index in [-0.39, 0.29) is 23.0 Å². The van der Waals surface area contributed by atoms with Crippen LogP contribution in [-0.2, 0) is 26.2 Å². The van der Waals surface area contributed by atoms with Gasteiger partial charge >= 0.3 is 0 Å². The lowest BCUT2D eigenvalue weighted by Gasteiger charge is -2.32. The second-order valence-corrected chi connectivity index (χ2v) is 11.6. The van der Waals surface area contributed by atoms with E-state index in [0.717, 1.165) is 28.3 Å². The summed E-state index contributed by atoms with van der Waals surface area (Å²) in [5, 5.41) is 2.88. The molecule has 3 rings (SSSR count). The number of rotatable bonds is 14. The van der Waals surface area contributed by atoms with Crippen LogP contribution >= 0.6 is 0 Å². The number of nitrogens with one attached hydrogen (secondary N) is 1. The monoisotopic (exact) mass is 581 g/mol. The summed E-state index contributed by atoms with van der Waals surface area (Å²) in [5.74, 6) is 0.103. The highest BCUT2D eigenvalue weighted by molar-refractivity contribution is 7.92. The van der Waals surface area contributed by atoms with Gasteiger partial charge in [-0.05, 0) is 67.8 Å². The SMILES string of the molecule is CCCCNC(=O)[C@@H](C)N(Cc1ccc(OC)cc1)C(=O)CN(c1cc(C)ccc1OC)S(=O)(=O)c1ccccc1. The number of amides is 2. The Kier molecular flexibility index (Phi) is 11.2. The first-order valence-corrected chi connectivity index (χ1v) is 15.0. The Labute approximate surface area is 243 Å². The molecule has 0 aromatic heterocycles. The molecule has 2 amide bonds. The van der Waals surface area contributed by atoms with Gasteiger partial charge in [-0.2, -0.15) is 0 Å². The molecule has 0 aliphatic rings. The van der Waals surface area contributed by atoms with Crippen molar-refractivity contribution in [1.29, 1.82) is 0 Å². The van der Waals surface area contributed by atoms with E-state index in [4.69, 9.17) is 9.47 Å². The standard InChI is InChI=1S/C31H39N3O6S/c1-6-7-19-32-31(36)24(3)33(21-25-14-16-26(39-4)17-15-25)30(35)22-34(28-20-23(2)13-18-29(28)40-5)41(37,38)27-11-9-8-10-12-27/h8-18,20,24H,6-7,19,21-22H2,1-5H3,(H,32,36)/t24-/m1/s1. The molecule has 0 aliphatic heterocycles. The highest BCUT2D eigenvalue weighted by atomic mass is 32.2. The van der Waals surface area contributed by atoms with Gasteiger partial charge in [0.15, 0.2) is 0 Å². The van der Waals surface area contributed by atoms with E-state index in [9.17, 15) is 18.0 Å². The van der Waals surface area contributed by atoms with Crippen LogP contribution in [-0.4, -0.2) is 58.5 Å². The van der Waals surface area contributed by atoms with E-state index in [1.165, 1.54) is 24.1 Å². The highest BCUT2D eigenvalue weighted by Crippen LogP contribution is 2.33. The van der Waals surface area contributed by atoms with Crippen molar-refractivity contribution >= 4 is 27.5 Å². The summed E-state index contributed by atoms with van der Waals surface area (Å²) >= 11 is 0. The zero-order valence-corrected chi connectivity index (χ0v) is 25.1. The maximum absolute atomic E-state index is 14.1. The summed E-state index contributed by atoms with van der Waals surface area (Å²) in [4.78, 5) is 28.6. The van der Waals surface area contributed by atoms with Crippen molar-refractivity contribution < 1.29 is 27.5 Å². The molecule has 0 radical (unpaired) electrons. The molecule has 1 atom stereocenters. The molecule has 0 unspecified atom stereocenters. The molecule has 3 aromatic carbocycles. The lowest BCUT2D eigenvalue weighted by molar-refractivity contribution is -0.139. The quantitative estimate of drug-likeness (QED) is 0.280. The minimum atomic E-state index is -4.19. The third-order valence-corrected chi connectivity index (χ3v) is 8.50. The molecule has 220 valence electrons. The van der Waals surface area contributed by atoms with Crippen molar-refractivity contribution in [3.8, 4) is 11.5 Å². The van der Waals surface area contributed by atoms with Crippen molar-refractivity contribution in [2.45, 2.75) is 51.1 Å². The molecule has 0 aliphatic carbocycles. The lowest BCUT2D eigenvalue weighted by Crippen LogP contribution is -2.51. The highest BCUT2D eigenvalue weighted by Gasteiger charge is 2.33. The molecule has 0 heterocycles. The van der Waals surface area contributed by atoms with Gasteiger partial charge in [0.1, 0.15) is 24.1 Å². The number of hydrogen-bond acceptors (Lipinski definition) is 6. The van der Waals surface area contributed by atoms with Crippen LogP contribution in [0, 0.1) is 6.92 Å². The van der Waals surface area contributed by atoms with Gasteiger partial charge in [-0.1, -0.05) is 49.7 Å². The average Bonchev–Trinajstić information content (AvgIpc) is 2.98. The first kappa shape index (κ1) is 31.5. The van der Waals surface area contributed by atoms with Gasteiger partial charge in [0.05, 0.1) is 24.8 Å². The summed E-state index contributed by atoms with van der Waals surface area (Å²) in [5.41, 5.74) is 1.78. The van der Waals surface area contributed by atoms with Crippen LogP contribution in [0.3, 0.4) is 0 Å². The normalized spacial score (nSPS) is 11.8. The van der Waals surface area contributed by atoms with E-state index in [1.54, 1.807) is 62.6 Å². The molecule has 9 nitrogen and oxygen atoms in total. The number of anilines is 1. The minimum absolute atomic E-state index is 0.0309. The average molecular weight is 582 g/mol. The zero-order valence-electron chi connectivity index (χ0n) is 24.3. The van der Waals surface area contributed by atoms with Crippen molar-refractivity contribution in [1.82, 2.24) is 10.2 Å². The zero-order chi connectivity index (χ0) is 30.0. The Morgan fingerprint density at radius 3 is 2.24 bits per heavy atom. The van der Waals surface area contributed by atoms with Crippen molar-refractivity contribution in [3.05, 3.63) is 83.9 Å². The second kappa shape index (κ2) is 14.5. The van der Waals surface area contributed by atoms with E-state index >= 15 is 0 Å². The first-order valence-electron chi connectivity index (χ1n) is 13.5. The van der Waals surface area contributed by atoms with Gasteiger partial charge < -0.3 is 19.7 Å². The smallest absolute Gasteiger partial charge is 0.264 e. The van der Waals surface area contributed by atoms with Crippen LogP contribution in [0.1, 0.15) is 37.8 Å². The van der Waals surface area contributed by atoms with Gasteiger partial charge in [-0.3, -0.25) is 13.9 Å². The molecule has 0 fully saturated rings. The van der Waals surface area contributed by atoms with Crippen molar-refractivity contribution in [2.75, 3.05) is 31.6 Å². The Morgan fingerprint density at radius 2 is 1.63 bits per heavy atom. The predicted molar refractivity (Wildman–Crippen MR) is 160 cm³/mol. The fraction of sp³-hybridized carbons (Fsp3) is 0.355. The summed E-state index contributed by atoms with van der Waals surface area (Å²) < 4.78 is 39.8. The van der Waals surface area contributed by atoms with Crippen LogP contribution in [0.5, 0.6) is 11.5 Å². The van der Waals surface area contributed by atoms with Crippen molar-refractivity contribution in [2.24, 2.45) is 0 Å².